The second-order valence-electron chi connectivity index (χ2n) is 9.46. The summed E-state index contributed by atoms with van der Waals surface area (Å²) in [5, 5.41) is 3.48. The van der Waals surface area contributed by atoms with Crippen LogP contribution in [0.2, 0.25) is 0 Å². The summed E-state index contributed by atoms with van der Waals surface area (Å²) in [6.45, 7) is 2.93. The number of pyridine rings is 1. The van der Waals surface area contributed by atoms with Crippen LogP contribution in [0.25, 0.3) is 0 Å². The summed E-state index contributed by atoms with van der Waals surface area (Å²) < 4.78 is 56.0. The monoisotopic (exact) mass is 591 g/mol. The number of nitrogen functional groups attached to an aromatic ring is 1. The normalized spacial score (nSPS) is 17.1. The molecule has 0 radical (unpaired) electrons. The molecular formula is C25H27F2N7O4S2. The third-order valence-corrected chi connectivity index (χ3v) is 9.86. The number of hydrogen-bond acceptors (Lipinski definition) is 10. The second-order valence-corrected chi connectivity index (χ2v) is 12.4. The fourth-order valence-corrected chi connectivity index (χ4v) is 7.04. The van der Waals surface area contributed by atoms with Crippen LogP contribution in [0.1, 0.15) is 28.1 Å². The number of hydrogen-bond donors (Lipinski definition) is 2. The molecule has 40 heavy (non-hydrogen) atoms. The number of nitrogens with two attached hydrogens (primary N) is 1. The number of carbonyl (C=O) groups excluding carboxylic acids is 2. The molecule has 1 amide bonds. The first-order valence-corrected chi connectivity index (χ1v) is 14.8. The molecule has 0 saturated carbocycles. The smallest absolute Gasteiger partial charge is 0.244 e. The van der Waals surface area contributed by atoms with E-state index in [4.69, 9.17) is 5.73 Å². The Bertz CT molecular complexity index is 1480. The van der Waals surface area contributed by atoms with E-state index in [1.165, 1.54) is 16.6 Å². The van der Waals surface area contributed by atoms with Crippen LogP contribution in [0.3, 0.4) is 0 Å². The number of ketones is 1. The van der Waals surface area contributed by atoms with Gasteiger partial charge in [0.15, 0.2) is 5.13 Å². The Morgan fingerprint density at radius 2 is 1.73 bits per heavy atom. The minimum absolute atomic E-state index is 0.0759. The lowest BCUT2D eigenvalue weighted by Gasteiger charge is -2.33. The van der Waals surface area contributed by atoms with Crippen LogP contribution in [-0.4, -0.2) is 85.1 Å². The van der Waals surface area contributed by atoms with Crippen molar-refractivity contribution in [2.75, 3.05) is 55.2 Å². The van der Waals surface area contributed by atoms with Crippen LogP contribution in [0.5, 0.6) is 0 Å². The van der Waals surface area contributed by atoms with Gasteiger partial charge in [0, 0.05) is 51.5 Å². The third kappa shape index (κ3) is 5.62. The summed E-state index contributed by atoms with van der Waals surface area (Å²) in [5.41, 5.74) is 5.19. The zero-order chi connectivity index (χ0) is 28.4. The Hall–Kier alpha value is -3.69. The van der Waals surface area contributed by atoms with Gasteiger partial charge in [-0.1, -0.05) is 17.4 Å². The van der Waals surface area contributed by atoms with E-state index in [0.717, 1.165) is 29.9 Å². The van der Waals surface area contributed by atoms with Crippen LogP contribution in [0.4, 0.5) is 25.5 Å². The highest BCUT2D eigenvalue weighted by Crippen LogP contribution is 2.31. The molecule has 0 atom stereocenters. The van der Waals surface area contributed by atoms with Gasteiger partial charge >= 0.3 is 0 Å². The van der Waals surface area contributed by atoms with Gasteiger partial charge in [-0.3, -0.25) is 9.59 Å². The summed E-state index contributed by atoms with van der Waals surface area (Å²) in [4.78, 5) is 35.8. The first-order valence-electron chi connectivity index (χ1n) is 12.6. The lowest BCUT2D eigenvalue weighted by Crippen LogP contribution is -2.46. The van der Waals surface area contributed by atoms with E-state index in [9.17, 15) is 26.8 Å². The number of carbonyl (C=O) groups is 2. The number of anilines is 3. The highest BCUT2D eigenvalue weighted by Gasteiger charge is 2.31. The highest BCUT2D eigenvalue weighted by atomic mass is 32.2. The van der Waals surface area contributed by atoms with Gasteiger partial charge in [-0.2, -0.15) is 4.31 Å². The number of nitrogens with zero attached hydrogens (tertiary/aromatic N) is 5. The predicted molar refractivity (Wildman–Crippen MR) is 146 cm³/mol. The molecule has 1 aromatic carbocycles. The number of piperidine rings is 1. The number of amides is 1. The molecule has 2 aromatic heterocycles. The number of aromatic nitrogens is 2. The lowest BCUT2D eigenvalue weighted by molar-refractivity contribution is -0.118. The molecule has 0 bridgehead atoms. The van der Waals surface area contributed by atoms with Crippen molar-refractivity contribution in [1.82, 2.24) is 19.2 Å². The molecule has 2 fully saturated rings. The van der Waals surface area contributed by atoms with E-state index in [2.05, 4.69) is 15.3 Å². The van der Waals surface area contributed by atoms with E-state index >= 15 is 0 Å². The van der Waals surface area contributed by atoms with Gasteiger partial charge in [0.05, 0.1) is 5.56 Å². The third-order valence-electron chi connectivity index (χ3n) is 6.98. The Morgan fingerprint density at radius 3 is 2.33 bits per heavy atom. The van der Waals surface area contributed by atoms with Crippen molar-refractivity contribution in [1.29, 1.82) is 0 Å². The van der Waals surface area contributed by atoms with Crippen LogP contribution in [0, 0.1) is 11.6 Å². The van der Waals surface area contributed by atoms with Crippen molar-refractivity contribution in [3.63, 3.8) is 0 Å². The molecule has 3 N–H and O–H groups in total. The van der Waals surface area contributed by atoms with Gasteiger partial charge in [-0.05, 0) is 37.1 Å². The van der Waals surface area contributed by atoms with E-state index < -0.39 is 33.0 Å². The number of halogens is 2. The van der Waals surface area contributed by atoms with Gasteiger partial charge in [-0.15, -0.1) is 0 Å². The van der Waals surface area contributed by atoms with Gasteiger partial charge < -0.3 is 20.9 Å². The maximum atomic E-state index is 14.1. The average Bonchev–Trinajstić information content (AvgIpc) is 3.33. The van der Waals surface area contributed by atoms with Crippen LogP contribution in [0.15, 0.2) is 41.4 Å². The second kappa shape index (κ2) is 11.4. The van der Waals surface area contributed by atoms with Crippen LogP contribution in [-0.2, 0) is 14.8 Å². The van der Waals surface area contributed by atoms with Crippen molar-refractivity contribution in [2.24, 2.45) is 0 Å². The quantitative estimate of drug-likeness (QED) is 0.298. The molecule has 4 heterocycles. The van der Waals surface area contributed by atoms with Crippen molar-refractivity contribution < 1.29 is 26.8 Å². The first-order chi connectivity index (χ1) is 19.2. The number of benzene rings is 1. The van der Waals surface area contributed by atoms with Gasteiger partial charge in [0.25, 0.3) is 0 Å². The molecule has 11 nitrogen and oxygen atoms in total. The van der Waals surface area contributed by atoms with Gasteiger partial charge in [0.2, 0.25) is 22.2 Å². The maximum absolute atomic E-state index is 14.1. The molecule has 5 rings (SSSR count). The molecular weight excluding hydrogens is 564 g/mol. The molecule has 0 aliphatic carbocycles. The molecule has 2 aliphatic heterocycles. The summed E-state index contributed by atoms with van der Waals surface area (Å²) in [6.07, 6.45) is 3.11. The largest absolute Gasteiger partial charge is 0.382 e. The minimum Gasteiger partial charge on any atom is -0.382 e. The number of nitrogens with one attached hydrogen (secondary N) is 1. The number of piperazine rings is 1. The van der Waals surface area contributed by atoms with Crippen LogP contribution < -0.4 is 16.0 Å². The SMILES string of the molecule is Nc1nc(NC2CCN(S(=O)(=O)c3ccc(N4CCN(C=O)CC4)nc3)CC2)sc1C(=O)c1c(F)cccc1F. The summed E-state index contributed by atoms with van der Waals surface area (Å²) >= 11 is 0.897. The molecule has 0 unspecified atom stereocenters. The molecule has 2 aliphatic rings. The van der Waals surface area contributed by atoms with Gasteiger partial charge in [-0.25, -0.2) is 27.2 Å². The van der Waals surface area contributed by atoms with Crippen molar-refractivity contribution in [3.8, 4) is 0 Å². The standard InChI is InChI=1S/C25H27F2N7O4S2/c26-18-2-1-3-19(27)21(18)22(36)23-24(28)31-25(39-23)30-16-6-8-34(9-7-16)40(37,38)17-4-5-20(29-14-17)33-12-10-32(15-35)11-13-33/h1-5,14-16H,6-13,28H2,(H,30,31). The number of thiazole rings is 1. The van der Waals surface area contributed by atoms with E-state index in [-0.39, 0.29) is 34.7 Å². The zero-order valence-corrected chi connectivity index (χ0v) is 22.9. The highest BCUT2D eigenvalue weighted by molar-refractivity contribution is 7.89. The van der Waals surface area contributed by atoms with E-state index in [1.54, 1.807) is 17.0 Å². The lowest BCUT2D eigenvalue weighted by atomic mass is 10.1. The maximum Gasteiger partial charge on any atom is 0.244 e. The summed E-state index contributed by atoms with van der Waals surface area (Å²) in [7, 11) is -3.75. The fourth-order valence-electron chi connectivity index (χ4n) is 4.72. The molecule has 3 aromatic rings. The first kappa shape index (κ1) is 27.9. The molecule has 212 valence electrons. The van der Waals surface area contributed by atoms with E-state index in [0.29, 0.717) is 50.0 Å². The molecule has 2 saturated heterocycles. The van der Waals surface area contributed by atoms with Crippen molar-refractivity contribution in [2.45, 2.75) is 23.8 Å². The predicted octanol–water partition coefficient (Wildman–Crippen LogP) is 2.17. The average molecular weight is 592 g/mol. The van der Waals surface area contributed by atoms with Gasteiger partial charge in [0.1, 0.15) is 33.0 Å². The van der Waals surface area contributed by atoms with Crippen molar-refractivity contribution in [3.05, 3.63) is 58.6 Å². The minimum atomic E-state index is -3.75. The Kier molecular flexibility index (Phi) is 7.96. The zero-order valence-electron chi connectivity index (χ0n) is 21.3. The van der Waals surface area contributed by atoms with Crippen LogP contribution >= 0.6 is 11.3 Å². The Labute approximate surface area is 233 Å². The number of sulfonamides is 1. The molecule has 15 heteroatoms. The summed E-state index contributed by atoms with van der Waals surface area (Å²) in [5.74, 6) is -2.33. The number of rotatable bonds is 8. The fraction of sp³-hybridized carbons (Fsp3) is 0.360. The topological polar surface area (TPSA) is 142 Å². The Morgan fingerprint density at radius 1 is 1.05 bits per heavy atom. The molecule has 0 spiro atoms. The Balaban J connectivity index is 1.19. The van der Waals surface area contributed by atoms with E-state index in [1.807, 2.05) is 4.90 Å². The van der Waals surface area contributed by atoms with Crippen molar-refractivity contribution >= 4 is 50.3 Å². The summed E-state index contributed by atoms with van der Waals surface area (Å²) in [6, 6.07) is 6.24.